The van der Waals surface area contributed by atoms with Crippen molar-refractivity contribution in [3.63, 3.8) is 0 Å². The number of rotatable bonds is 4. The Bertz CT molecular complexity index is 1390. The first-order chi connectivity index (χ1) is 16.5. The van der Waals surface area contributed by atoms with Gasteiger partial charge in [0.15, 0.2) is 0 Å². The number of non-ortho nitro benzene ring substituents is 1. The number of amides is 1. The van der Waals surface area contributed by atoms with E-state index in [1.807, 2.05) is 0 Å². The number of nitro benzene ring substituents is 1. The maximum absolute atomic E-state index is 13.4. The van der Waals surface area contributed by atoms with Gasteiger partial charge in [0.1, 0.15) is 5.76 Å². The van der Waals surface area contributed by atoms with Crippen LogP contribution in [0.3, 0.4) is 0 Å². The van der Waals surface area contributed by atoms with Crippen molar-refractivity contribution in [2.24, 2.45) is 0 Å². The Morgan fingerprint density at radius 2 is 1.66 bits per heavy atom. The number of alkyl halides is 3. The van der Waals surface area contributed by atoms with E-state index in [-0.39, 0.29) is 22.5 Å². The lowest BCUT2D eigenvalue weighted by molar-refractivity contribution is -0.384. The van der Waals surface area contributed by atoms with Crippen LogP contribution >= 0.6 is 15.9 Å². The van der Waals surface area contributed by atoms with Gasteiger partial charge in [-0.25, -0.2) is 0 Å². The summed E-state index contributed by atoms with van der Waals surface area (Å²) in [5.74, 6) is -2.89. The van der Waals surface area contributed by atoms with Gasteiger partial charge >= 0.3 is 6.18 Å². The molecule has 0 radical (unpaired) electrons. The SMILES string of the molecule is O=C1C(=O)N(c2cccc(C(F)(F)F)c2)C(c2cccc([N+](=O)[O-])c2)C1=C(O)c1ccc(Br)cc1. The number of aliphatic hydroxyl groups is 1. The van der Waals surface area contributed by atoms with Crippen molar-refractivity contribution in [3.05, 3.63) is 110 Å². The number of benzene rings is 3. The molecule has 4 rings (SSSR count). The van der Waals surface area contributed by atoms with E-state index in [0.717, 1.165) is 23.1 Å². The zero-order valence-corrected chi connectivity index (χ0v) is 19.1. The van der Waals surface area contributed by atoms with Gasteiger partial charge in [-0.3, -0.25) is 24.6 Å². The van der Waals surface area contributed by atoms with Crippen LogP contribution in [0.5, 0.6) is 0 Å². The number of halogens is 4. The number of hydrogen-bond donors (Lipinski definition) is 1. The lowest BCUT2D eigenvalue weighted by Gasteiger charge is -2.26. The molecule has 178 valence electrons. The molecular formula is C24H14BrF3N2O5. The number of carbonyl (C=O) groups excluding carboxylic acids is 2. The highest BCUT2D eigenvalue weighted by atomic mass is 79.9. The third-order valence-electron chi connectivity index (χ3n) is 5.41. The maximum Gasteiger partial charge on any atom is 0.416 e. The van der Waals surface area contributed by atoms with Gasteiger partial charge in [-0.15, -0.1) is 0 Å². The van der Waals surface area contributed by atoms with Gasteiger partial charge in [0.25, 0.3) is 17.4 Å². The van der Waals surface area contributed by atoms with Gasteiger partial charge < -0.3 is 5.11 Å². The molecular weight excluding hydrogens is 533 g/mol. The van der Waals surface area contributed by atoms with Crippen LogP contribution in [-0.2, 0) is 15.8 Å². The fourth-order valence-corrected chi connectivity index (χ4v) is 4.08. The minimum Gasteiger partial charge on any atom is -0.507 e. The Labute approximate surface area is 204 Å². The van der Waals surface area contributed by atoms with Crippen molar-refractivity contribution in [1.29, 1.82) is 0 Å². The minimum atomic E-state index is -4.72. The Hall–Kier alpha value is -3.99. The van der Waals surface area contributed by atoms with Crippen molar-refractivity contribution >= 4 is 44.8 Å². The highest BCUT2D eigenvalue weighted by molar-refractivity contribution is 9.10. The summed E-state index contributed by atoms with van der Waals surface area (Å²) in [6.45, 7) is 0. The lowest BCUT2D eigenvalue weighted by atomic mass is 9.94. The van der Waals surface area contributed by atoms with E-state index < -0.39 is 45.7 Å². The molecule has 0 bridgehead atoms. The second-order valence-electron chi connectivity index (χ2n) is 7.58. The van der Waals surface area contributed by atoms with Crippen LogP contribution in [-0.4, -0.2) is 21.7 Å². The number of anilines is 1. The Kier molecular flexibility index (Phi) is 6.20. The van der Waals surface area contributed by atoms with E-state index in [0.29, 0.717) is 10.5 Å². The average Bonchev–Trinajstić information content (AvgIpc) is 3.09. The largest absolute Gasteiger partial charge is 0.507 e. The summed E-state index contributed by atoms with van der Waals surface area (Å²) >= 11 is 3.25. The number of carbonyl (C=O) groups is 2. The van der Waals surface area contributed by atoms with Gasteiger partial charge in [-0.1, -0.05) is 46.3 Å². The van der Waals surface area contributed by atoms with Gasteiger partial charge in [-0.05, 0) is 35.9 Å². The zero-order valence-electron chi connectivity index (χ0n) is 17.5. The van der Waals surface area contributed by atoms with Gasteiger partial charge in [-0.2, -0.15) is 13.2 Å². The zero-order chi connectivity index (χ0) is 25.5. The molecule has 1 amide bonds. The predicted molar refractivity (Wildman–Crippen MR) is 123 cm³/mol. The predicted octanol–water partition coefficient (Wildman–Crippen LogP) is 6.00. The Balaban J connectivity index is 1.97. The maximum atomic E-state index is 13.4. The molecule has 0 saturated carbocycles. The summed E-state index contributed by atoms with van der Waals surface area (Å²) in [6.07, 6.45) is -4.72. The average molecular weight is 547 g/mol. The summed E-state index contributed by atoms with van der Waals surface area (Å²) in [5.41, 5.74) is -1.84. The molecule has 1 atom stereocenters. The van der Waals surface area contributed by atoms with Crippen LogP contribution in [0.15, 0.2) is 82.8 Å². The summed E-state index contributed by atoms with van der Waals surface area (Å²) in [6, 6.07) is 13.5. The van der Waals surface area contributed by atoms with E-state index in [1.165, 1.54) is 36.4 Å². The molecule has 0 aromatic heterocycles. The van der Waals surface area contributed by atoms with Crippen LogP contribution in [0, 0.1) is 10.1 Å². The second kappa shape index (κ2) is 8.99. The van der Waals surface area contributed by atoms with Gasteiger partial charge in [0, 0.05) is 27.9 Å². The fraction of sp³-hybridized carbons (Fsp3) is 0.0833. The Morgan fingerprint density at radius 1 is 1.00 bits per heavy atom. The third kappa shape index (κ3) is 4.54. The van der Waals surface area contributed by atoms with Crippen molar-refractivity contribution in [2.45, 2.75) is 12.2 Å². The summed E-state index contributed by atoms with van der Waals surface area (Å²) in [7, 11) is 0. The number of nitrogens with zero attached hydrogens (tertiary/aromatic N) is 2. The van der Waals surface area contributed by atoms with Crippen molar-refractivity contribution in [2.75, 3.05) is 4.90 Å². The van der Waals surface area contributed by atoms with Crippen LogP contribution in [0.25, 0.3) is 5.76 Å². The topological polar surface area (TPSA) is 101 Å². The van der Waals surface area contributed by atoms with Crippen LogP contribution in [0.2, 0.25) is 0 Å². The van der Waals surface area contributed by atoms with Crippen molar-refractivity contribution in [1.82, 2.24) is 0 Å². The molecule has 7 nitrogen and oxygen atoms in total. The van der Waals surface area contributed by atoms with Crippen molar-refractivity contribution in [3.8, 4) is 0 Å². The first-order valence-corrected chi connectivity index (χ1v) is 10.8. The lowest BCUT2D eigenvalue weighted by Crippen LogP contribution is -2.29. The van der Waals surface area contributed by atoms with Gasteiger partial charge in [0.2, 0.25) is 0 Å². The Morgan fingerprint density at radius 3 is 2.29 bits per heavy atom. The summed E-state index contributed by atoms with van der Waals surface area (Å²) in [5, 5.41) is 22.3. The smallest absolute Gasteiger partial charge is 0.416 e. The second-order valence-corrected chi connectivity index (χ2v) is 8.49. The number of nitro groups is 1. The molecule has 1 aliphatic heterocycles. The van der Waals surface area contributed by atoms with E-state index >= 15 is 0 Å². The first kappa shape index (κ1) is 24.1. The number of aliphatic hydroxyl groups excluding tert-OH is 1. The quantitative estimate of drug-likeness (QED) is 0.142. The molecule has 0 spiro atoms. The van der Waals surface area contributed by atoms with Crippen LogP contribution in [0.4, 0.5) is 24.5 Å². The molecule has 0 aliphatic carbocycles. The molecule has 1 aliphatic rings. The van der Waals surface area contributed by atoms with Gasteiger partial charge in [0.05, 0.1) is 22.1 Å². The molecule has 1 heterocycles. The fourth-order valence-electron chi connectivity index (χ4n) is 3.82. The van der Waals surface area contributed by atoms with Crippen LogP contribution < -0.4 is 4.90 Å². The molecule has 11 heteroatoms. The molecule has 1 N–H and O–H groups in total. The first-order valence-electron chi connectivity index (χ1n) is 9.97. The summed E-state index contributed by atoms with van der Waals surface area (Å²) in [4.78, 5) is 37.6. The number of Topliss-reactive ketones (excluding diaryl/α,β-unsaturated/α-hetero) is 1. The van der Waals surface area contributed by atoms with E-state index in [9.17, 15) is 38.0 Å². The normalized spacial score (nSPS) is 17.6. The molecule has 3 aromatic carbocycles. The molecule has 1 saturated heterocycles. The monoisotopic (exact) mass is 546 g/mol. The molecule has 3 aromatic rings. The standard InChI is InChI=1S/C24H14BrF3N2O5/c25-16-9-7-13(8-10-16)21(31)19-20(14-3-1-6-18(11-14)30(34)35)29(23(33)22(19)32)17-5-2-4-15(12-17)24(26,27)28/h1-12,20,31H. The van der Waals surface area contributed by atoms with E-state index in [4.69, 9.17) is 0 Å². The third-order valence-corrected chi connectivity index (χ3v) is 5.94. The van der Waals surface area contributed by atoms with E-state index in [1.54, 1.807) is 12.1 Å². The van der Waals surface area contributed by atoms with Crippen molar-refractivity contribution < 1.29 is 32.8 Å². The number of ketones is 1. The van der Waals surface area contributed by atoms with Crippen LogP contribution in [0.1, 0.15) is 22.7 Å². The highest BCUT2D eigenvalue weighted by Crippen LogP contribution is 2.44. The molecule has 1 fully saturated rings. The van der Waals surface area contributed by atoms with E-state index in [2.05, 4.69) is 15.9 Å². The number of hydrogen-bond acceptors (Lipinski definition) is 5. The molecule has 1 unspecified atom stereocenters. The molecule has 35 heavy (non-hydrogen) atoms. The minimum absolute atomic E-state index is 0.0643. The highest BCUT2D eigenvalue weighted by Gasteiger charge is 2.47. The summed E-state index contributed by atoms with van der Waals surface area (Å²) < 4.78 is 40.7.